The number of aliphatic hydroxyl groups excluding tert-OH is 1. The summed E-state index contributed by atoms with van der Waals surface area (Å²) in [5.74, 6) is 1.61. The van der Waals surface area contributed by atoms with Crippen LogP contribution in [0.3, 0.4) is 0 Å². The maximum Gasteiger partial charge on any atom is 0.306 e. The van der Waals surface area contributed by atoms with Crippen LogP contribution in [0.2, 0.25) is 0 Å². The van der Waals surface area contributed by atoms with Crippen LogP contribution in [0.5, 0.6) is 0 Å². The van der Waals surface area contributed by atoms with Crippen molar-refractivity contribution in [3.05, 3.63) is 23.9 Å². The van der Waals surface area contributed by atoms with E-state index < -0.39 is 5.97 Å². The zero-order valence-electron chi connectivity index (χ0n) is 12.0. The van der Waals surface area contributed by atoms with Crippen molar-refractivity contribution in [2.75, 3.05) is 17.7 Å². The number of anilines is 1. The number of carboxylic acid groups (broad SMARTS) is 1. The van der Waals surface area contributed by atoms with E-state index in [0.29, 0.717) is 6.04 Å². The molecule has 0 aliphatic heterocycles. The summed E-state index contributed by atoms with van der Waals surface area (Å²) in [5.41, 5.74) is 1.19. The molecular formula is C15H22N2O3S. The average molecular weight is 310 g/mol. The topological polar surface area (TPSA) is 82.5 Å². The summed E-state index contributed by atoms with van der Waals surface area (Å²) in [4.78, 5) is 15.3. The van der Waals surface area contributed by atoms with Crippen molar-refractivity contribution < 1.29 is 15.0 Å². The second-order valence-corrected chi connectivity index (χ2v) is 6.46. The predicted molar refractivity (Wildman–Crippen MR) is 84.5 cm³/mol. The van der Waals surface area contributed by atoms with E-state index in [2.05, 4.69) is 10.3 Å². The number of aliphatic carboxylic acids is 1. The molecule has 1 aliphatic rings. The molecule has 1 saturated carbocycles. The number of aromatic nitrogens is 1. The summed E-state index contributed by atoms with van der Waals surface area (Å²) in [6, 6.07) is 4.33. The van der Waals surface area contributed by atoms with Crippen LogP contribution in [-0.2, 0) is 10.5 Å². The zero-order valence-corrected chi connectivity index (χ0v) is 12.8. The van der Waals surface area contributed by atoms with Gasteiger partial charge in [-0.2, -0.15) is 11.8 Å². The zero-order chi connectivity index (χ0) is 15.1. The lowest BCUT2D eigenvalue weighted by molar-refractivity contribution is -0.142. The van der Waals surface area contributed by atoms with Gasteiger partial charge in [0.05, 0.1) is 12.5 Å². The normalized spacial score (nSPS) is 22.0. The smallest absolute Gasteiger partial charge is 0.306 e. The first-order chi connectivity index (χ1) is 10.2. The van der Waals surface area contributed by atoms with Crippen LogP contribution >= 0.6 is 11.8 Å². The van der Waals surface area contributed by atoms with Crippen molar-refractivity contribution in [1.29, 1.82) is 0 Å². The molecule has 3 N–H and O–H groups in total. The molecule has 0 radical (unpaired) electrons. The highest BCUT2D eigenvalue weighted by molar-refractivity contribution is 7.98. The quantitative estimate of drug-likeness (QED) is 0.671. The highest BCUT2D eigenvalue weighted by Gasteiger charge is 2.25. The Hall–Kier alpha value is -1.27. The third-order valence-electron chi connectivity index (χ3n) is 3.76. The molecule has 0 saturated heterocycles. The lowest BCUT2D eigenvalue weighted by Gasteiger charge is -2.27. The number of aliphatic hydroxyl groups is 1. The van der Waals surface area contributed by atoms with Gasteiger partial charge in [-0.1, -0.05) is 0 Å². The lowest BCUT2D eigenvalue weighted by Crippen LogP contribution is -2.29. The Morgan fingerprint density at radius 3 is 2.81 bits per heavy atom. The molecule has 0 spiro atoms. The molecule has 1 fully saturated rings. The standard InChI is InChI=1S/C15H22N2O3S/c18-7-8-21-10-11-5-6-16-14(9-11)17-13-3-1-12(2-4-13)15(19)20/h5-6,9,12-13,18H,1-4,7-8,10H2,(H,16,17)(H,19,20). The van der Waals surface area contributed by atoms with E-state index in [-0.39, 0.29) is 12.5 Å². The van der Waals surface area contributed by atoms with Crippen molar-refractivity contribution in [2.45, 2.75) is 37.5 Å². The number of nitrogens with zero attached hydrogens (tertiary/aromatic N) is 1. The lowest BCUT2D eigenvalue weighted by atomic mass is 9.86. The van der Waals surface area contributed by atoms with Gasteiger partial charge in [-0.25, -0.2) is 4.98 Å². The maximum absolute atomic E-state index is 10.9. The largest absolute Gasteiger partial charge is 0.481 e. The number of rotatable bonds is 7. The first-order valence-corrected chi connectivity index (χ1v) is 8.47. The van der Waals surface area contributed by atoms with E-state index in [9.17, 15) is 4.79 Å². The van der Waals surface area contributed by atoms with E-state index >= 15 is 0 Å². The molecule has 0 amide bonds. The van der Waals surface area contributed by atoms with Crippen LogP contribution in [0.15, 0.2) is 18.3 Å². The third kappa shape index (κ3) is 5.21. The third-order valence-corrected chi connectivity index (χ3v) is 4.77. The molecule has 1 aromatic heterocycles. The molecule has 0 atom stereocenters. The van der Waals surface area contributed by atoms with Crippen molar-refractivity contribution in [3.8, 4) is 0 Å². The Labute approximate surface area is 129 Å². The van der Waals surface area contributed by atoms with Gasteiger partial charge in [-0.05, 0) is 43.4 Å². The number of hydrogen-bond donors (Lipinski definition) is 3. The Kier molecular flexibility index (Phi) is 6.32. The van der Waals surface area contributed by atoms with E-state index in [0.717, 1.165) is 43.0 Å². The van der Waals surface area contributed by atoms with Crippen LogP contribution < -0.4 is 5.32 Å². The molecule has 0 aromatic carbocycles. The van der Waals surface area contributed by atoms with Crippen molar-refractivity contribution in [3.63, 3.8) is 0 Å². The molecule has 1 aromatic rings. The monoisotopic (exact) mass is 310 g/mol. The van der Waals surface area contributed by atoms with Gasteiger partial charge in [-0.15, -0.1) is 0 Å². The highest BCUT2D eigenvalue weighted by Crippen LogP contribution is 2.26. The summed E-state index contributed by atoms with van der Waals surface area (Å²) in [6.07, 6.45) is 5.02. The summed E-state index contributed by atoms with van der Waals surface area (Å²) < 4.78 is 0. The predicted octanol–water partition coefficient (Wildman–Crippen LogP) is 2.36. The fourth-order valence-electron chi connectivity index (χ4n) is 2.59. The Morgan fingerprint density at radius 2 is 2.14 bits per heavy atom. The molecular weight excluding hydrogens is 288 g/mol. The average Bonchev–Trinajstić information content (AvgIpc) is 2.48. The fourth-order valence-corrected chi connectivity index (χ4v) is 3.28. The van der Waals surface area contributed by atoms with Crippen LogP contribution in [0, 0.1) is 5.92 Å². The first kappa shape index (κ1) is 16.1. The minimum absolute atomic E-state index is 0.183. The van der Waals surface area contributed by atoms with E-state index in [1.807, 2.05) is 12.1 Å². The minimum Gasteiger partial charge on any atom is -0.481 e. The Bertz CT molecular complexity index is 462. The van der Waals surface area contributed by atoms with Gasteiger partial charge in [0.2, 0.25) is 0 Å². The van der Waals surface area contributed by atoms with Gasteiger partial charge in [0.25, 0.3) is 0 Å². The van der Waals surface area contributed by atoms with Crippen LogP contribution in [0.4, 0.5) is 5.82 Å². The van der Waals surface area contributed by atoms with Crippen LogP contribution in [-0.4, -0.2) is 39.6 Å². The number of hydrogen-bond acceptors (Lipinski definition) is 5. The number of thioether (sulfide) groups is 1. The van der Waals surface area contributed by atoms with Crippen LogP contribution in [0.1, 0.15) is 31.2 Å². The first-order valence-electron chi connectivity index (χ1n) is 7.32. The minimum atomic E-state index is -0.672. The Balaban J connectivity index is 1.83. The summed E-state index contributed by atoms with van der Waals surface area (Å²) >= 11 is 1.69. The SMILES string of the molecule is O=C(O)C1CCC(Nc2cc(CSCCO)ccn2)CC1. The fraction of sp³-hybridized carbons (Fsp3) is 0.600. The van der Waals surface area contributed by atoms with E-state index in [4.69, 9.17) is 10.2 Å². The van der Waals surface area contributed by atoms with Crippen molar-refractivity contribution in [2.24, 2.45) is 5.92 Å². The molecule has 116 valence electrons. The summed E-state index contributed by atoms with van der Waals surface area (Å²) in [7, 11) is 0. The van der Waals surface area contributed by atoms with Crippen molar-refractivity contribution >= 4 is 23.5 Å². The van der Waals surface area contributed by atoms with Gasteiger partial charge in [-0.3, -0.25) is 4.79 Å². The van der Waals surface area contributed by atoms with Gasteiger partial charge >= 0.3 is 5.97 Å². The molecule has 0 bridgehead atoms. The van der Waals surface area contributed by atoms with Gasteiger partial charge in [0, 0.05) is 23.7 Å². The number of carboxylic acids is 1. The van der Waals surface area contributed by atoms with E-state index in [1.54, 1.807) is 18.0 Å². The second kappa shape index (κ2) is 8.24. The molecule has 5 nitrogen and oxygen atoms in total. The van der Waals surface area contributed by atoms with Crippen molar-refractivity contribution in [1.82, 2.24) is 4.98 Å². The number of pyridine rings is 1. The van der Waals surface area contributed by atoms with E-state index in [1.165, 1.54) is 5.56 Å². The summed E-state index contributed by atoms with van der Waals surface area (Å²) in [6.45, 7) is 0.202. The molecule has 6 heteroatoms. The highest BCUT2D eigenvalue weighted by atomic mass is 32.2. The molecule has 21 heavy (non-hydrogen) atoms. The number of carbonyl (C=O) groups is 1. The Morgan fingerprint density at radius 1 is 1.38 bits per heavy atom. The maximum atomic E-state index is 10.9. The second-order valence-electron chi connectivity index (χ2n) is 5.36. The molecule has 2 rings (SSSR count). The van der Waals surface area contributed by atoms with Crippen LogP contribution in [0.25, 0.3) is 0 Å². The summed E-state index contributed by atoms with van der Waals surface area (Å²) in [5, 5.41) is 21.2. The molecule has 0 unspecified atom stereocenters. The number of nitrogens with one attached hydrogen (secondary N) is 1. The van der Waals surface area contributed by atoms with Gasteiger partial charge in [0.15, 0.2) is 0 Å². The van der Waals surface area contributed by atoms with Gasteiger partial charge in [0.1, 0.15) is 5.82 Å². The molecule has 1 heterocycles. The molecule has 1 aliphatic carbocycles. The van der Waals surface area contributed by atoms with Gasteiger partial charge < -0.3 is 15.5 Å².